The van der Waals surface area contributed by atoms with Crippen LogP contribution < -0.4 is 0 Å². The van der Waals surface area contributed by atoms with Gasteiger partial charge >= 0.3 is 0 Å². The predicted octanol–water partition coefficient (Wildman–Crippen LogP) is 3.27. The van der Waals surface area contributed by atoms with E-state index in [1.54, 1.807) is 0 Å². The van der Waals surface area contributed by atoms with Gasteiger partial charge in [0.1, 0.15) is 0 Å². The fraction of sp³-hybridized carbons (Fsp3) is 0.625. The maximum Gasteiger partial charge on any atom is 0.0847 e. The normalized spacial score (nSPS) is 34.7. The van der Waals surface area contributed by atoms with Gasteiger partial charge in [-0.25, -0.2) is 0 Å². The van der Waals surface area contributed by atoms with Crippen molar-refractivity contribution >= 4 is 10.8 Å². The standard InChI is InChI=1S/C16H22O2S/c1-13-7-5-6-10-16(13,17)15(11-12-15)19(18)14-8-3-2-4-9-14/h2-4,8-9,13,17H,5-7,10-12H2,1H3. The summed E-state index contributed by atoms with van der Waals surface area (Å²) >= 11 is 0. The van der Waals surface area contributed by atoms with Crippen LogP contribution in [0.3, 0.4) is 0 Å². The molecule has 0 bridgehead atoms. The fourth-order valence-corrected chi connectivity index (χ4v) is 5.62. The minimum Gasteiger partial charge on any atom is -0.388 e. The summed E-state index contributed by atoms with van der Waals surface area (Å²) in [7, 11) is -1.09. The van der Waals surface area contributed by atoms with Gasteiger partial charge in [0.2, 0.25) is 0 Å². The van der Waals surface area contributed by atoms with Crippen LogP contribution in [0, 0.1) is 5.92 Å². The third-order valence-corrected chi connectivity index (χ3v) is 7.24. The molecule has 1 aromatic rings. The lowest BCUT2D eigenvalue weighted by Gasteiger charge is -2.44. The molecule has 1 N–H and O–H groups in total. The largest absolute Gasteiger partial charge is 0.388 e. The molecule has 0 amide bonds. The Kier molecular flexibility index (Phi) is 3.30. The highest BCUT2D eigenvalue weighted by Gasteiger charge is 2.65. The number of benzene rings is 1. The lowest BCUT2D eigenvalue weighted by Crippen LogP contribution is -2.53. The van der Waals surface area contributed by atoms with E-state index in [9.17, 15) is 9.32 Å². The Morgan fingerprint density at radius 3 is 2.42 bits per heavy atom. The van der Waals surface area contributed by atoms with Crippen LogP contribution in [-0.2, 0) is 10.8 Å². The highest BCUT2D eigenvalue weighted by Crippen LogP contribution is 2.58. The van der Waals surface area contributed by atoms with Crippen LogP contribution in [0.4, 0.5) is 0 Å². The Balaban J connectivity index is 1.93. The third-order valence-electron chi connectivity index (χ3n) is 5.07. The van der Waals surface area contributed by atoms with Gasteiger partial charge in [0, 0.05) is 4.90 Å². The van der Waals surface area contributed by atoms with Gasteiger partial charge in [-0.15, -0.1) is 0 Å². The van der Waals surface area contributed by atoms with E-state index in [0.717, 1.165) is 37.0 Å². The summed E-state index contributed by atoms with van der Waals surface area (Å²) in [6.45, 7) is 2.13. The molecule has 2 aliphatic carbocycles. The second-order valence-electron chi connectivity index (χ2n) is 6.15. The highest BCUT2D eigenvalue weighted by atomic mass is 32.2. The molecule has 2 saturated carbocycles. The van der Waals surface area contributed by atoms with E-state index < -0.39 is 16.4 Å². The predicted molar refractivity (Wildman–Crippen MR) is 77.4 cm³/mol. The van der Waals surface area contributed by atoms with Crippen molar-refractivity contribution < 1.29 is 9.32 Å². The molecule has 3 unspecified atom stereocenters. The van der Waals surface area contributed by atoms with Gasteiger partial charge in [0.05, 0.1) is 21.1 Å². The summed E-state index contributed by atoms with van der Waals surface area (Å²) < 4.78 is 12.5. The molecule has 3 atom stereocenters. The van der Waals surface area contributed by atoms with Crippen molar-refractivity contribution in [2.75, 3.05) is 0 Å². The van der Waals surface area contributed by atoms with Crippen LogP contribution in [-0.4, -0.2) is 19.7 Å². The van der Waals surface area contributed by atoms with Gasteiger partial charge in [0.25, 0.3) is 0 Å². The van der Waals surface area contributed by atoms with E-state index in [2.05, 4.69) is 6.92 Å². The quantitative estimate of drug-likeness (QED) is 0.921. The average molecular weight is 278 g/mol. The number of hydrogen-bond donors (Lipinski definition) is 1. The van der Waals surface area contributed by atoms with Crippen molar-refractivity contribution in [3.63, 3.8) is 0 Å². The molecule has 0 radical (unpaired) electrons. The molecule has 3 rings (SSSR count). The zero-order valence-electron chi connectivity index (χ0n) is 11.5. The summed E-state index contributed by atoms with van der Waals surface area (Å²) in [5, 5.41) is 11.2. The molecule has 0 saturated heterocycles. The number of rotatable bonds is 3. The SMILES string of the molecule is CC1CCCCC1(O)C1(S(=O)c2ccccc2)CC1. The topological polar surface area (TPSA) is 37.3 Å². The smallest absolute Gasteiger partial charge is 0.0847 e. The molecule has 2 nitrogen and oxygen atoms in total. The minimum atomic E-state index is -1.09. The van der Waals surface area contributed by atoms with Gasteiger partial charge in [-0.1, -0.05) is 38.0 Å². The van der Waals surface area contributed by atoms with Crippen LogP contribution in [0.5, 0.6) is 0 Å². The zero-order valence-corrected chi connectivity index (χ0v) is 12.3. The lowest BCUT2D eigenvalue weighted by molar-refractivity contribution is -0.0502. The Hall–Kier alpha value is -0.670. The van der Waals surface area contributed by atoms with Crippen molar-refractivity contribution in [2.24, 2.45) is 5.92 Å². The first-order chi connectivity index (χ1) is 9.10. The van der Waals surface area contributed by atoms with Gasteiger partial charge in [0.15, 0.2) is 0 Å². The molecule has 2 aliphatic rings. The van der Waals surface area contributed by atoms with E-state index in [4.69, 9.17) is 0 Å². The first-order valence-corrected chi connectivity index (χ1v) is 8.44. The van der Waals surface area contributed by atoms with Crippen molar-refractivity contribution in [3.05, 3.63) is 30.3 Å². The van der Waals surface area contributed by atoms with E-state index in [0.29, 0.717) is 0 Å². The molecule has 104 valence electrons. The van der Waals surface area contributed by atoms with E-state index in [-0.39, 0.29) is 10.7 Å². The van der Waals surface area contributed by atoms with Crippen LogP contribution >= 0.6 is 0 Å². The van der Waals surface area contributed by atoms with Crippen LogP contribution in [0.15, 0.2) is 35.2 Å². The maximum atomic E-state index is 12.9. The molecule has 19 heavy (non-hydrogen) atoms. The lowest BCUT2D eigenvalue weighted by atomic mass is 9.73. The number of aliphatic hydroxyl groups is 1. The molecule has 3 heteroatoms. The molecular formula is C16H22O2S. The summed E-state index contributed by atoms with van der Waals surface area (Å²) in [4.78, 5) is 0.867. The van der Waals surface area contributed by atoms with Crippen LogP contribution in [0.2, 0.25) is 0 Å². The first kappa shape index (κ1) is 13.3. The van der Waals surface area contributed by atoms with Gasteiger partial charge < -0.3 is 5.11 Å². The van der Waals surface area contributed by atoms with Crippen molar-refractivity contribution in [1.82, 2.24) is 0 Å². The third kappa shape index (κ3) is 1.98. The average Bonchev–Trinajstić information content (AvgIpc) is 3.24. The molecule has 2 fully saturated rings. The molecule has 0 aliphatic heterocycles. The monoisotopic (exact) mass is 278 g/mol. The molecular weight excluding hydrogens is 256 g/mol. The van der Waals surface area contributed by atoms with Crippen molar-refractivity contribution in [1.29, 1.82) is 0 Å². The Morgan fingerprint density at radius 1 is 1.16 bits per heavy atom. The Bertz CT molecular complexity index is 481. The first-order valence-electron chi connectivity index (χ1n) is 7.29. The Morgan fingerprint density at radius 2 is 1.84 bits per heavy atom. The zero-order chi connectivity index (χ0) is 13.5. The summed E-state index contributed by atoms with van der Waals surface area (Å²) in [6, 6.07) is 9.65. The minimum absolute atomic E-state index is 0.261. The van der Waals surface area contributed by atoms with E-state index in [1.165, 1.54) is 6.42 Å². The van der Waals surface area contributed by atoms with E-state index in [1.807, 2.05) is 30.3 Å². The molecule has 0 aromatic heterocycles. The molecule has 0 spiro atoms. The van der Waals surface area contributed by atoms with Gasteiger partial charge in [-0.05, 0) is 43.7 Å². The van der Waals surface area contributed by atoms with Crippen LogP contribution in [0.25, 0.3) is 0 Å². The van der Waals surface area contributed by atoms with Crippen molar-refractivity contribution in [2.45, 2.75) is 60.7 Å². The second-order valence-corrected chi connectivity index (χ2v) is 7.94. The second kappa shape index (κ2) is 4.71. The highest BCUT2D eigenvalue weighted by molar-refractivity contribution is 7.87. The fourth-order valence-electron chi connectivity index (χ4n) is 3.67. The van der Waals surface area contributed by atoms with Gasteiger partial charge in [-0.2, -0.15) is 0 Å². The summed E-state index contributed by atoms with van der Waals surface area (Å²) in [5.41, 5.74) is -0.730. The summed E-state index contributed by atoms with van der Waals surface area (Å²) in [5.74, 6) is 0.261. The summed E-state index contributed by atoms with van der Waals surface area (Å²) in [6.07, 6.45) is 5.92. The Labute approximate surface area is 117 Å². The van der Waals surface area contributed by atoms with E-state index >= 15 is 0 Å². The number of hydrogen-bond acceptors (Lipinski definition) is 2. The van der Waals surface area contributed by atoms with Crippen LogP contribution in [0.1, 0.15) is 45.4 Å². The molecule has 1 aromatic carbocycles. The van der Waals surface area contributed by atoms with Gasteiger partial charge in [-0.3, -0.25) is 4.21 Å². The van der Waals surface area contributed by atoms with Crippen molar-refractivity contribution in [3.8, 4) is 0 Å². The maximum absolute atomic E-state index is 12.9. The molecule has 0 heterocycles.